The van der Waals surface area contributed by atoms with E-state index in [1.54, 1.807) is 0 Å². The number of likely N-dealkylation sites (N-methyl/N-ethyl adjacent to an activating group) is 9. The molecule has 17 heteroatoms. The maximum atomic E-state index is 4.02. The van der Waals surface area contributed by atoms with Crippen LogP contribution in [0.15, 0.2) is 24.5 Å². The maximum Gasteiger partial charge on any atom is 0.0397 e. The number of piperazine rings is 4. The van der Waals surface area contributed by atoms with Crippen molar-refractivity contribution in [2.75, 3.05) is 280 Å². The van der Waals surface area contributed by atoms with Gasteiger partial charge in [0.25, 0.3) is 0 Å². The molecule has 0 N–H and O–H groups in total. The normalized spacial score (nSPS) is 29.0. The Morgan fingerprint density at radius 1 is 0.308 bits per heavy atom. The first-order valence-corrected chi connectivity index (χ1v) is 31.6. The van der Waals surface area contributed by atoms with E-state index < -0.39 is 0 Å². The molecule has 1 aromatic heterocycles. The second-order valence-corrected chi connectivity index (χ2v) is 26.4. The molecule has 452 valence electrons. The molecule has 0 aromatic carbocycles. The van der Waals surface area contributed by atoms with Gasteiger partial charge in [-0.05, 0) is 220 Å². The number of rotatable bonds is 7. The van der Waals surface area contributed by atoms with Gasteiger partial charge < -0.3 is 58.8 Å². The van der Waals surface area contributed by atoms with Crippen LogP contribution in [0, 0.1) is 0 Å². The number of likely N-dealkylation sites (tertiary alicyclic amines) is 6. The average Bonchev–Trinajstić information content (AvgIpc) is 4.23. The molecule has 17 nitrogen and oxygen atoms in total. The minimum Gasteiger partial charge on any atom is -0.369 e. The zero-order valence-corrected chi connectivity index (χ0v) is 53.0. The molecule has 3 unspecified atom stereocenters. The van der Waals surface area contributed by atoms with Crippen LogP contribution in [0.1, 0.15) is 57.8 Å². The molecule has 0 aliphatic carbocycles. The third-order valence-electron chi connectivity index (χ3n) is 19.7. The molecule has 10 aliphatic heterocycles. The lowest BCUT2D eigenvalue weighted by Gasteiger charge is -2.41. The van der Waals surface area contributed by atoms with Gasteiger partial charge in [0.1, 0.15) is 0 Å². The zero-order chi connectivity index (χ0) is 56.0. The Labute approximate surface area is 480 Å². The Morgan fingerprint density at radius 3 is 0.949 bits per heavy atom. The van der Waals surface area contributed by atoms with E-state index in [2.05, 4.69) is 187 Å². The van der Waals surface area contributed by atoms with Crippen LogP contribution in [0.25, 0.3) is 0 Å². The number of nitrogens with zero attached hydrogens (tertiary/aromatic N) is 17. The SMILES string of the molecule is CN1CCC(N(C)C)C1.CN1CCC(N(C)C2CCN(C)C2)CC1.CN1CCC(N2CCN(C)CC2)CC1.CN1CCC(N2CCN(C)CC2)CC1.CN1CCN(C2CCN(C)C2)CC1.CN1CCN(c2ccncc2)CC1. The van der Waals surface area contributed by atoms with Crippen LogP contribution < -0.4 is 4.90 Å². The van der Waals surface area contributed by atoms with Gasteiger partial charge in [0.05, 0.1) is 0 Å². The van der Waals surface area contributed by atoms with E-state index in [9.17, 15) is 0 Å². The van der Waals surface area contributed by atoms with Crippen molar-refractivity contribution >= 4 is 5.69 Å². The van der Waals surface area contributed by atoms with Gasteiger partial charge in [-0.15, -0.1) is 0 Å². The van der Waals surface area contributed by atoms with Crippen LogP contribution >= 0.6 is 0 Å². The second kappa shape index (κ2) is 34.8. The fourth-order valence-corrected chi connectivity index (χ4v) is 13.4. The Hall–Kier alpha value is -1.65. The summed E-state index contributed by atoms with van der Waals surface area (Å²) < 4.78 is 0. The van der Waals surface area contributed by atoms with E-state index in [1.807, 2.05) is 12.4 Å². The third kappa shape index (κ3) is 23.2. The van der Waals surface area contributed by atoms with Crippen LogP contribution in [-0.4, -0.2) is 390 Å². The monoisotopic (exact) mass is 1090 g/mol. The summed E-state index contributed by atoms with van der Waals surface area (Å²) in [5.74, 6) is 0. The highest BCUT2D eigenvalue weighted by Crippen LogP contribution is 2.23. The van der Waals surface area contributed by atoms with Crippen molar-refractivity contribution in [3.05, 3.63) is 24.5 Å². The lowest BCUT2D eigenvalue weighted by atomic mass is 10.0. The highest BCUT2D eigenvalue weighted by Gasteiger charge is 2.31. The summed E-state index contributed by atoms with van der Waals surface area (Å²) in [5.41, 5.74) is 1.29. The molecule has 0 bridgehead atoms. The van der Waals surface area contributed by atoms with E-state index in [4.69, 9.17) is 0 Å². The summed E-state index contributed by atoms with van der Waals surface area (Å²) in [6.07, 6.45) is 16.0. The van der Waals surface area contributed by atoms with Gasteiger partial charge in [-0.1, -0.05) is 0 Å². The van der Waals surface area contributed by atoms with Gasteiger partial charge in [0.2, 0.25) is 0 Å². The van der Waals surface area contributed by atoms with E-state index in [0.717, 1.165) is 62.4 Å². The molecular formula is C61H123N17. The molecule has 11 heterocycles. The van der Waals surface area contributed by atoms with Crippen molar-refractivity contribution in [2.45, 2.75) is 94.0 Å². The van der Waals surface area contributed by atoms with Gasteiger partial charge >= 0.3 is 0 Å². The van der Waals surface area contributed by atoms with Crippen LogP contribution in [0.5, 0.6) is 0 Å². The lowest BCUT2D eigenvalue weighted by molar-refractivity contribution is 0.0742. The molecule has 1 aromatic rings. The quantitative estimate of drug-likeness (QED) is 0.402. The van der Waals surface area contributed by atoms with E-state index >= 15 is 0 Å². The van der Waals surface area contributed by atoms with E-state index in [1.165, 1.54) is 221 Å². The summed E-state index contributed by atoms with van der Waals surface area (Å²) in [6.45, 7) is 35.1. The number of hydrogen-bond acceptors (Lipinski definition) is 17. The Bertz CT molecular complexity index is 1580. The fraction of sp³-hybridized carbons (Fsp3) is 0.918. The topological polar surface area (TPSA) is 64.7 Å². The first kappa shape index (κ1) is 65.5. The Kier molecular flexibility index (Phi) is 29.3. The number of anilines is 1. The fourth-order valence-electron chi connectivity index (χ4n) is 13.4. The number of hydrogen-bond donors (Lipinski definition) is 0. The first-order chi connectivity index (χ1) is 37.5. The maximum absolute atomic E-state index is 4.02. The summed E-state index contributed by atoms with van der Waals surface area (Å²) in [7, 11) is 28.9. The van der Waals surface area contributed by atoms with Crippen LogP contribution in [-0.2, 0) is 0 Å². The highest BCUT2D eigenvalue weighted by atomic mass is 15.3. The molecule has 10 fully saturated rings. The first-order valence-electron chi connectivity index (χ1n) is 31.6. The molecule has 0 amide bonds. The van der Waals surface area contributed by atoms with Crippen molar-refractivity contribution in [2.24, 2.45) is 0 Å². The van der Waals surface area contributed by atoms with Gasteiger partial charge in [-0.2, -0.15) is 0 Å². The molecule has 0 radical (unpaired) electrons. The lowest BCUT2D eigenvalue weighted by Crippen LogP contribution is -2.51. The predicted molar refractivity (Wildman–Crippen MR) is 332 cm³/mol. The molecule has 3 atom stereocenters. The summed E-state index contributed by atoms with van der Waals surface area (Å²) in [5, 5.41) is 0. The smallest absolute Gasteiger partial charge is 0.0397 e. The second-order valence-electron chi connectivity index (χ2n) is 26.4. The van der Waals surface area contributed by atoms with Crippen molar-refractivity contribution in [1.82, 2.24) is 78.5 Å². The molecule has 0 spiro atoms. The number of piperidine rings is 3. The Morgan fingerprint density at radius 2 is 0.603 bits per heavy atom. The Balaban J connectivity index is 0.000000152. The molecule has 11 rings (SSSR count). The summed E-state index contributed by atoms with van der Waals surface area (Å²) in [4.78, 5) is 43.7. The van der Waals surface area contributed by atoms with Gasteiger partial charge in [-0.25, -0.2) is 0 Å². The molecule has 10 saturated heterocycles. The van der Waals surface area contributed by atoms with Crippen LogP contribution in [0.3, 0.4) is 0 Å². The highest BCUT2D eigenvalue weighted by molar-refractivity contribution is 5.44. The van der Waals surface area contributed by atoms with Crippen molar-refractivity contribution in [1.29, 1.82) is 0 Å². The van der Waals surface area contributed by atoms with E-state index in [-0.39, 0.29) is 0 Å². The minimum atomic E-state index is 0.801. The third-order valence-corrected chi connectivity index (χ3v) is 19.7. The number of pyridine rings is 1. The van der Waals surface area contributed by atoms with Crippen LogP contribution in [0.4, 0.5) is 5.69 Å². The average molecular weight is 1090 g/mol. The molecular weight excluding hydrogens is 971 g/mol. The van der Waals surface area contributed by atoms with Crippen LogP contribution in [0.2, 0.25) is 0 Å². The molecule has 78 heavy (non-hydrogen) atoms. The van der Waals surface area contributed by atoms with Crippen molar-refractivity contribution < 1.29 is 0 Å². The molecule has 0 saturated carbocycles. The van der Waals surface area contributed by atoms with Gasteiger partial charge in [0, 0.05) is 179 Å². The zero-order valence-electron chi connectivity index (χ0n) is 53.0. The van der Waals surface area contributed by atoms with Gasteiger partial charge in [0.15, 0.2) is 0 Å². The van der Waals surface area contributed by atoms with Gasteiger partial charge in [-0.3, -0.25) is 24.6 Å². The standard InChI is InChI=1S/C12H25N3.2C11H23N3.C10H21N3.C10H15N3.C7H16N2/c1-13-7-4-11(5-8-13)15(3)12-6-9-14(2)10-12;2*1-12-5-3-11(4-6-12)14-9-7-13(2)8-10-14;1-11-5-7-13(8-6-11)10-3-4-12(2)9-10;1-12-6-8-13(9-7-12)10-2-4-11-5-3-10;1-8(2)7-4-5-9(3)6-7/h11-12H,4-10H2,1-3H3;2*11H,3-10H2,1-2H3;10H,3-9H2,1-2H3;2-5H,6-9H2,1H3;7H,4-6H2,1-3H3. The largest absolute Gasteiger partial charge is 0.369 e. The molecule has 10 aliphatic rings. The predicted octanol–water partition coefficient (Wildman–Crippen LogP) is 2.40. The van der Waals surface area contributed by atoms with E-state index in [0.29, 0.717) is 0 Å². The van der Waals surface area contributed by atoms with Crippen molar-refractivity contribution in [3.63, 3.8) is 0 Å². The summed E-state index contributed by atoms with van der Waals surface area (Å²) >= 11 is 0. The minimum absolute atomic E-state index is 0.801. The summed E-state index contributed by atoms with van der Waals surface area (Å²) in [6, 6.07) is 9.19. The number of aromatic nitrogens is 1. The van der Waals surface area contributed by atoms with Crippen molar-refractivity contribution in [3.8, 4) is 0 Å².